The van der Waals surface area contributed by atoms with Crippen LogP contribution in [0.2, 0.25) is 0 Å². The average molecular weight is 323 g/mol. The van der Waals surface area contributed by atoms with Gasteiger partial charge in [-0.05, 0) is 64.2 Å². The van der Waals surface area contributed by atoms with E-state index in [2.05, 4.69) is 39.8 Å². The lowest BCUT2D eigenvalue weighted by Gasteiger charge is -2.40. The number of aromatic nitrogens is 3. The van der Waals surface area contributed by atoms with Gasteiger partial charge < -0.3 is 4.57 Å². The van der Waals surface area contributed by atoms with Gasteiger partial charge >= 0.3 is 0 Å². The highest BCUT2D eigenvalue weighted by Gasteiger charge is 2.31. The molecule has 0 aromatic carbocycles. The Bertz CT molecular complexity index is 479. The van der Waals surface area contributed by atoms with Crippen molar-refractivity contribution in [2.75, 3.05) is 19.3 Å². The highest BCUT2D eigenvalue weighted by molar-refractivity contribution is 7.98. The van der Waals surface area contributed by atoms with Crippen molar-refractivity contribution in [3.63, 3.8) is 0 Å². The van der Waals surface area contributed by atoms with Crippen LogP contribution in [-0.2, 0) is 6.54 Å². The fourth-order valence-electron chi connectivity index (χ4n) is 4.21. The standard InChI is InChI=1S/C17H30N4S/c1-4-21-16(18-19-17(21)22-3)14-6-5-11-20(12-14)15-9-7-13(2)8-10-15/h13-15H,4-12H2,1-3H3/t13?,14-,15?/m0/s1. The van der Waals surface area contributed by atoms with Gasteiger partial charge in [-0.3, -0.25) is 4.90 Å². The molecule has 1 aromatic rings. The van der Waals surface area contributed by atoms with Crippen molar-refractivity contribution in [1.29, 1.82) is 0 Å². The molecule has 0 radical (unpaired) electrons. The number of nitrogens with zero attached hydrogens (tertiary/aromatic N) is 4. The summed E-state index contributed by atoms with van der Waals surface area (Å²) in [5, 5.41) is 9.99. The number of hydrogen-bond donors (Lipinski definition) is 0. The molecule has 0 unspecified atom stereocenters. The quantitative estimate of drug-likeness (QED) is 0.790. The zero-order valence-corrected chi connectivity index (χ0v) is 15.1. The Morgan fingerprint density at radius 3 is 2.59 bits per heavy atom. The first-order valence-corrected chi connectivity index (χ1v) is 10.2. The van der Waals surface area contributed by atoms with Crippen LogP contribution in [-0.4, -0.2) is 45.1 Å². The largest absolute Gasteiger partial charge is 0.306 e. The van der Waals surface area contributed by atoms with E-state index in [0.717, 1.165) is 23.7 Å². The van der Waals surface area contributed by atoms with Crippen LogP contribution in [0.4, 0.5) is 0 Å². The van der Waals surface area contributed by atoms with Crippen LogP contribution < -0.4 is 0 Å². The Hall–Kier alpha value is -0.550. The maximum Gasteiger partial charge on any atom is 0.190 e. The summed E-state index contributed by atoms with van der Waals surface area (Å²) in [5.74, 6) is 2.73. The molecule has 4 nitrogen and oxygen atoms in total. The summed E-state index contributed by atoms with van der Waals surface area (Å²) in [4.78, 5) is 2.76. The molecule has 1 atom stereocenters. The van der Waals surface area contributed by atoms with Crippen LogP contribution in [0.15, 0.2) is 5.16 Å². The molecule has 1 aliphatic heterocycles. The monoisotopic (exact) mass is 322 g/mol. The molecule has 1 aromatic heterocycles. The predicted octanol–water partition coefficient (Wildman–Crippen LogP) is 3.78. The molecular weight excluding hydrogens is 292 g/mol. The molecule has 22 heavy (non-hydrogen) atoms. The van der Waals surface area contributed by atoms with E-state index in [9.17, 15) is 0 Å². The van der Waals surface area contributed by atoms with E-state index in [1.165, 1.54) is 57.4 Å². The summed E-state index contributed by atoms with van der Waals surface area (Å²) in [6.07, 6.45) is 10.3. The van der Waals surface area contributed by atoms with Crippen molar-refractivity contribution in [3.05, 3.63) is 5.82 Å². The second-order valence-corrected chi connectivity index (χ2v) is 7.81. The summed E-state index contributed by atoms with van der Waals surface area (Å²) in [6, 6.07) is 0.817. The highest BCUT2D eigenvalue weighted by Crippen LogP contribution is 2.33. The minimum Gasteiger partial charge on any atom is -0.306 e. The number of likely N-dealkylation sites (tertiary alicyclic amines) is 1. The van der Waals surface area contributed by atoms with Crippen LogP contribution in [0.3, 0.4) is 0 Å². The average Bonchev–Trinajstić information content (AvgIpc) is 2.98. The van der Waals surface area contributed by atoms with E-state index in [4.69, 9.17) is 0 Å². The molecule has 0 N–H and O–H groups in total. The summed E-state index contributed by atoms with van der Waals surface area (Å²) >= 11 is 1.71. The van der Waals surface area contributed by atoms with E-state index in [1.54, 1.807) is 11.8 Å². The third-order valence-corrected chi connectivity index (χ3v) is 6.23. The molecule has 3 rings (SSSR count). The van der Waals surface area contributed by atoms with E-state index in [-0.39, 0.29) is 0 Å². The Morgan fingerprint density at radius 1 is 1.14 bits per heavy atom. The van der Waals surface area contributed by atoms with Crippen LogP contribution in [0, 0.1) is 5.92 Å². The molecule has 0 spiro atoms. The molecule has 2 aliphatic rings. The molecule has 0 amide bonds. The molecule has 2 heterocycles. The Balaban J connectivity index is 1.69. The van der Waals surface area contributed by atoms with Gasteiger partial charge in [-0.15, -0.1) is 10.2 Å². The lowest BCUT2D eigenvalue weighted by molar-refractivity contribution is 0.104. The minimum atomic E-state index is 0.571. The molecule has 5 heteroatoms. The van der Waals surface area contributed by atoms with E-state index >= 15 is 0 Å². The Morgan fingerprint density at radius 2 is 1.91 bits per heavy atom. The first kappa shape index (κ1) is 16.3. The maximum absolute atomic E-state index is 4.54. The molecule has 124 valence electrons. The lowest BCUT2D eigenvalue weighted by Crippen LogP contribution is -2.44. The van der Waals surface area contributed by atoms with Gasteiger partial charge in [-0.1, -0.05) is 18.7 Å². The van der Waals surface area contributed by atoms with Crippen molar-refractivity contribution in [3.8, 4) is 0 Å². The van der Waals surface area contributed by atoms with Crippen molar-refractivity contribution >= 4 is 11.8 Å². The van der Waals surface area contributed by atoms with Crippen LogP contribution >= 0.6 is 11.8 Å². The van der Waals surface area contributed by atoms with E-state index < -0.39 is 0 Å². The molecule has 1 saturated heterocycles. The molecule has 1 aliphatic carbocycles. The second kappa shape index (κ2) is 7.35. The third-order valence-electron chi connectivity index (χ3n) is 5.56. The number of rotatable bonds is 4. The highest BCUT2D eigenvalue weighted by atomic mass is 32.2. The van der Waals surface area contributed by atoms with Gasteiger partial charge in [0, 0.05) is 25.0 Å². The second-order valence-electron chi connectivity index (χ2n) is 7.04. The Kier molecular flexibility index (Phi) is 5.45. The Labute approximate surface area is 139 Å². The van der Waals surface area contributed by atoms with Gasteiger partial charge in [0.15, 0.2) is 5.16 Å². The van der Waals surface area contributed by atoms with Crippen molar-refractivity contribution < 1.29 is 0 Å². The van der Waals surface area contributed by atoms with Crippen molar-refractivity contribution in [2.45, 2.75) is 76.0 Å². The first-order chi connectivity index (χ1) is 10.7. The van der Waals surface area contributed by atoms with Crippen LogP contribution in [0.5, 0.6) is 0 Å². The number of piperidine rings is 1. The normalized spacial score (nSPS) is 30.6. The maximum atomic E-state index is 4.54. The minimum absolute atomic E-state index is 0.571. The van der Waals surface area contributed by atoms with Crippen LogP contribution in [0.1, 0.15) is 64.1 Å². The summed E-state index contributed by atoms with van der Waals surface area (Å²) in [6.45, 7) is 8.06. The smallest absolute Gasteiger partial charge is 0.190 e. The van der Waals surface area contributed by atoms with E-state index in [0.29, 0.717) is 5.92 Å². The molecule has 0 bridgehead atoms. The SMILES string of the molecule is CCn1c(SC)nnc1[C@H]1CCCN(C2CCC(C)CC2)C1. The van der Waals surface area contributed by atoms with E-state index in [1.807, 2.05) is 0 Å². The van der Waals surface area contributed by atoms with Gasteiger partial charge in [-0.2, -0.15) is 0 Å². The van der Waals surface area contributed by atoms with Gasteiger partial charge in [0.05, 0.1) is 0 Å². The number of hydrogen-bond acceptors (Lipinski definition) is 4. The summed E-state index contributed by atoms with van der Waals surface area (Å²) < 4.78 is 2.32. The van der Waals surface area contributed by atoms with Gasteiger partial charge in [0.1, 0.15) is 5.82 Å². The zero-order chi connectivity index (χ0) is 15.5. The van der Waals surface area contributed by atoms with Gasteiger partial charge in [0.2, 0.25) is 0 Å². The molecular formula is C17H30N4S. The summed E-state index contributed by atoms with van der Waals surface area (Å²) in [7, 11) is 0. The lowest BCUT2D eigenvalue weighted by atomic mass is 9.85. The third kappa shape index (κ3) is 3.35. The van der Waals surface area contributed by atoms with Gasteiger partial charge in [-0.25, -0.2) is 0 Å². The fourth-order valence-corrected chi connectivity index (χ4v) is 4.77. The van der Waals surface area contributed by atoms with Crippen LogP contribution in [0.25, 0.3) is 0 Å². The topological polar surface area (TPSA) is 34.0 Å². The molecule has 1 saturated carbocycles. The van der Waals surface area contributed by atoms with Gasteiger partial charge in [0.25, 0.3) is 0 Å². The fraction of sp³-hybridized carbons (Fsp3) is 0.882. The first-order valence-electron chi connectivity index (χ1n) is 8.94. The zero-order valence-electron chi connectivity index (χ0n) is 14.3. The number of thioether (sulfide) groups is 1. The molecule has 2 fully saturated rings. The predicted molar refractivity (Wildman–Crippen MR) is 92.4 cm³/mol. The summed E-state index contributed by atoms with van der Waals surface area (Å²) in [5.41, 5.74) is 0. The van der Waals surface area contributed by atoms with Crippen molar-refractivity contribution in [2.24, 2.45) is 5.92 Å². The van der Waals surface area contributed by atoms with Crippen molar-refractivity contribution in [1.82, 2.24) is 19.7 Å².